The molecule has 0 aliphatic carbocycles. The second kappa shape index (κ2) is 5.43. The molecule has 0 saturated carbocycles. The maximum absolute atomic E-state index is 11.9. The van der Waals surface area contributed by atoms with Crippen molar-refractivity contribution in [2.45, 2.75) is 39.2 Å². The lowest BCUT2D eigenvalue weighted by molar-refractivity contribution is 0.0142. The first-order chi connectivity index (χ1) is 7.35. The molecule has 1 heterocycles. The molecule has 0 atom stereocenters. The molecular weight excluding hydrogens is 288 g/mol. The van der Waals surface area contributed by atoms with Gasteiger partial charge in [-0.1, -0.05) is 0 Å². The zero-order valence-electron chi connectivity index (χ0n) is 10.1. The molecule has 1 rings (SSSR count). The highest BCUT2D eigenvalue weighted by Crippen LogP contribution is 2.29. The van der Waals surface area contributed by atoms with Crippen LogP contribution in [0.2, 0.25) is 0 Å². The van der Waals surface area contributed by atoms with E-state index in [2.05, 4.69) is 15.9 Å². The third kappa shape index (κ3) is 3.68. The molecule has 0 aromatic carbocycles. The molecule has 0 radical (unpaired) electrons. The summed E-state index contributed by atoms with van der Waals surface area (Å²) in [5, 5.41) is 0. The monoisotopic (exact) mass is 304 g/mol. The molecule has 1 aromatic rings. The Bertz CT molecular complexity index is 363. The van der Waals surface area contributed by atoms with Crippen molar-refractivity contribution in [3.8, 4) is 0 Å². The van der Waals surface area contributed by atoms with Crippen LogP contribution in [0.1, 0.15) is 41.9 Å². The van der Waals surface area contributed by atoms with Crippen molar-refractivity contribution < 1.29 is 9.53 Å². The highest BCUT2D eigenvalue weighted by Gasteiger charge is 2.19. The first-order valence-corrected chi connectivity index (χ1v) is 6.81. The van der Waals surface area contributed by atoms with Crippen molar-refractivity contribution in [2.24, 2.45) is 0 Å². The summed E-state index contributed by atoms with van der Waals surface area (Å²) in [6, 6.07) is 1.94. The van der Waals surface area contributed by atoms with Gasteiger partial charge in [-0.2, -0.15) is 0 Å². The molecule has 0 saturated heterocycles. The highest BCUT2D eigenvalue weighted by atomic mass is 79.9. The summed E-state index contributed by atoms with van der Waals surface area (Å²) in [7, 11) is 1.68. The molecular formula is C12H17BrO2S. The Labute approximate surface area is 109 Å². The van der Waals surface area contributed by atoms with Gasteiger partial charge in [0.2, 0.25) is 0 Å². The van der Waals surface area contributed by atoms with E-state index in [9.17, 15) is 4.79 Å². The number of hydrogen-bond donors (Lipinski definition) is 0. The van der Waals surface area contributed by atoms with Crippen LogP contribution in [-0.4, -0.2) is 18.5 Å². The molecule has 0 amide bonds. The molecule has 2 nitrogen and oxygen atoms in total. The maximum atomic E-state index is 11.9. The Morgan fingerprint density at radius 3 is 2.62 bits per heavy atom. The van der Waals surface area contributed by atoms with Crippen LogP contribution in [0.3, 0.4) is 0 Å². The van der Waals surface area contributed by atoms with E-state index in [1.165, 1.54) is 11.3 Å². The fraction of sp³-hybridized carbons (Fsp3) is 0.583. The van der Waals surface area contributed by atoms with Gasteiger partial charge in [-0.05, 0) is 54.8 Å². The van der Waals surface area contributed by atoms with Gasteiger partial charge >= 0.3 is 0 Å². The Kier molecular flexibility index (Phi) is 4.71. The van der Waals surface area contributed by atoms with Gasteiger partial charge in [0.25, 0.3) is 0 Å². The van der Waals surface area contributed by atoms with Gasteiger partial charge in [-0.3, -0.25) is 4.79 Å². The lowest BCUT2D eigenvalue weighted by atomic mass is 10.0. The van der Waals surface area contributed by atoms with Crippen molar-refractivity contribution in [1.82, 2.24) is 0 Å². The zero-order valence-corrected chi connectivity index (χ0v) is 12.5. The van der Waals surface area contributed by atoms with E-state index in [1.54, 1.807) is 7.11 Å². The van der Waals surface area contributed by atoms with E-state index in [4.69, 9.17) is 4.74 Å². The van der Waals surface area contributed by atoms with Crippen molar-refractivity contribution >= 4 is 33.0 Å². The quantitative estimate of drug-likeness (QED) is 0.762. The number of thiophene rings is 1. The lowest BCUT2D eigenvalue weighted by Gasteiger charge is -2.21. The number of aryl methyl sites for hydroxylation is 1. The van der Waals surface area contributed by atoms with Gasteiger partial charge in [0.05, 0.1) is 14.3 Å². The number of ether oxygens (including phenoxy) is 1. The number of rotatable bonds is 5. The summed E-state index contributed by atoms with van der Waals surface area (Å²) in [5.41, 5.74) is 0.901. The van der Waals surface area contributed by atoms with Gasteiger partial charge in [-0.15, -0.1) is 11.3 Å². The van der Waals surface area contributed by atoms with Gasteiger partial charge < -0.3 is 4.74 Å². The third-order valence-electron chi connectivity index (χ3n) is 2.64. The molecule has 0 bridgehead atoms. The standard InChI is InChI=1S/C12H17BrO2S/c1-8-7-10(16-11(8)13)9(14)5-6-12(2,3)15-4/h7H,5-6H2,1-4H3. The van der Waals surface area contributed by atoms with Crippen LogP contribution < -0.4 is 0 Å². The average molecular weight is 305 g/mol. The smallest absolute Gasteiger partial charge is 0.172 e. The normalized spacial score (nSPS) is 11.8. The molecule has 0 N–H and O–H groups in total. The second-order valence-electron chi connectivity index (χ2n) is 4.45. The summed E-state index contributed by atoms with van der Waals surface area (Å²) in [6.45, 7) is 5.99. The number of carbonyl (C=O) groups is 1. The molecule has 4 heteroatoms. The van der Waals surface area contributed by atoms with Crippen molar-refractivity contribution in [3.63, 3.8) is 0 Å². The van der Waals surface area contributed by atoms with Crippen LogP contribution in [0, 0.1) is 6.92 Å². The summed E-state index contributed by atoms with van der Waals surface area (Å²) < 4.78 is 6.34. The summed E-state index contributed by atoms with van der Waals surface area (Å²) in [5.74, 6) is 0.198. The van der Waals surface area contributed by atoms with Crippen LogP contribution in [0.4, 0.5) is 0 Å². The number of hydrogen-bond acceptors (Lipinski definition) is 3. The van der Waals surface area contributed by atoms with Crippen molar-refractivity contribution in [1.29, 1.82) is 0 Å². The number of Topliss-reactive ketones (excluding diaryl/α,β-unsaturated/α-hetero) is 1. The maximum Gasteiger partial charge on any atom is 0.172 e. The molecule has 0 aliphatic rings. The fourth-order valence-electron chi connectivity index (χ4n) is 1.24. The van der Waals surface area contributed by atoms with Gasteiger partial charge in [-0.25, -0.2) is 0 Å². The molecule has 0 unspecified atom stereocenters. The predicted octanol–water partition coefficient (Wildman–Crippen LogP) is 4.21. The van der Waals surface area contributed by atoms with Crippen LogP contribution in [0.25, 0.3) is 0 Å². The van der Waals surface area contributed by atoms with E-state index < -0.39 is 0 Å². The minimum Gasteiger partial charge on any atom is -0.379 e. The number of ketones is 1. The topological polar surface area (TPSA) is 26.3 Å². The Balaban J connectivity index is 2.60. The average Bonchev–Trinajstić information content (AvgIpc) is 2.56. The van der Waals surface area contributed by atoms with Crippen LogP contribution in [0.5, 0.6) is 0 Å². The van der Waals surface area contributed by atoms with Crippen LogP contribution in [0.15, 0.2) is 9.85 Å². The molecule has 90 valence electrons. The first-order valence-electron chi connectivity index (χ1n) is 5.20. The molecule has 16 heavy (non-hydrogen) atoms. The molecule has 0 fully saturated rings. The van der Waals surface area contributed by atoms with Gasteiger partial charge in [0, 0.05) is 13.5 Å². The minimum atomic E-state index is -0.223. The Morgan fingerprint density at radius 1 is 1.56 bits per heavy atom. The highest BCUT2D eigenvalue weighted by molar-refractivity contribution is 9.11. The molecule has 1 aromatic heterocycles. The summed E-state index contributed by atoms with van der Waals surface area (Å²) in [4.78, 5) is 12.7. The summed E-state index contributed by atoms with van der Waals surface area (Å²) >= 11 is 4.94. The van der Waals surface area contributed by atoms with Crippen molar-refractivity contribution in [3.05, 3.63) is 20.3 Å². The first kappa shape index (κ1) is 13.9. The fourth-order valence-corrected chi connectivity index (χ4v) is 2.74. The molecule has 0 spiro atoms. The minimum absolute atomic E-state index is 0.198. The van der Waals surface area contributed by atoms with E-state index in [0.717, 1.165) is 20.6 Å². The third-order valence-corrected chi connectivity index (χ3v) is 4.82. The Hall–Kier alpha value is -0.190. The van der Waals surface area contributed by atoms with E-state index in [0.29, 0.717) is 6.42 Å². The summed E-state index contributed by atoms with van der Waals surface area (Å²) in [6.07, 6.45) is 1.28. The number of methoxy groups -OCH3 is 1. The largest absolute Gasteiger partial charge is 0.379 e. The number of halogens is 1. The Morgan fingerprint density at radius 2 is 2.19 bits per heavy atom. The van der Waals surface area contributed by atoms with Crippen LogP contribution >= 0.6 is 27.3 Å². The van der Waals surface area contributed by atoms with E-state index in [1.807, 2.05) is 26.8 Å². The van der Waals surface area contributed by atoms with Gasteiger partial charge in [0.1, 0.15) is 0 Å². The van der Waals surface area contributed by atoms with Crippen LogP contribution in [-0.2, 0) is 4.74 Å². The lowest BCUT2D eigenvalue weighted by Crippen LogP contribution is -2.23. The van der Waals surface area contributed by atoms with Gasteiger partial charge in [0.15, 0.2) is 5.78 Å². The van der Waals surface area contributed by atoms with E-state index in [-0.39, 0.29) is 11.4 Å². The van der Waals surface area contributed by atoms with Crippen molar-refractivity contribution in [2.75, 3.05) is 7.11 Å². The zero-order chi connectivity index (χ0) is 12.3. The second-order valence-corrected chi connectivity index (χ2v) is 6.82. The molecule has 0 aliphatic heterocycles. The van der Waals surface area contributed by atoms with E-state index >= 15 is 0 Å². The predicted molar refractivity (Wildman–Crippen MR) is 71.4 cm³/mol. The number of carbonyl (C=O) groups excluding carboxylic acids is 1. The SMILES string of the molecule is COC(C)(C)CCC(=O)c1cc(C)c(Br)s1.